The fourth-order valence-electron chi connectivity index (χ4n) is 2.94. The molecule has 118 valence electrons. The summed E-state index contributed by atoms with van der Waals surface area (Å²) in [7, 11) is 2.22. The molecule has 1 N–H and O–H groups in total. The van der Waals surface area contributed by atoms with Crippen LogP contribution >= 0.6 is 0 Å². The Morgan fingerprint density at radius 2 is 1.95 bits per heavy atom. The van der Waals surface area contributed by atoms with Crippen LogP contribution in [-0.4, -0.2) is 33.4 Å². The molecule has 0 amide bonds. The number of hydrogen-bond donors (Lipinski definition) is 1. The summed E-state index contributed by atoms with van der Waals surface area (Å²) in [6.45, 7) is 9.49. The van der Waals surface area contributed by atoms with Gasteiger partial charge in [-0.1, -0.05) is 32.0 Å². The third kappa shape index (κ3) is 5.33. The lowest BCUT2D eigenvalue weighted by atomic mass is 9.99. The van der Waals surface area contributed by atoms with Crippen LogP contribution in [0.5, 0.6) is 0 Å². The van der Waals surface area contributed by atoms with E-state index in [0.29, 0.717) is 5.92 Å². The Balaban J connectivity index is 1.93. The van der Waals surface area contributed by atoms with Crippen molar-refractivity contribution in [3.63, 3.8) is 0 Å². The molecular formula is C18H30N2O. The van der Waals surface area contributed by atoms with Crippen molar-refractivity contribution in [3.8, 4) is 0 Å². The maximum absolute atomic E-state index is 5.46. The van der Waals surface area contributed by atoms with Crippen molar-refractivity contribution in [1.82, 2.24) is 5.32 Å². The second-order valence-electron chi connectivity index (χ2n) is 6.59. The lowest BCUT2D eigenvalue weighted by Crippen LogP contribution is -2.30. The van der Waals surface area contributed by atoms with Gasteiger partial charge in [-0.25, -0.2) is 0 Å². The number of nitrogens with zero attached hydrogens (tertiary/aromatic N) is 1. The summed E-state index contributed by atoms with van der Waals surface area (Å²) in [5.41, 5.74) is 2.76. The number of rotatable bonds is 7. The molecule has 1 aliphatic heterocycles. The first-order valence-electron chi connectivity index (χ1n) is 8.24. The molecule has 1 fully saturated rings. The van der Waals surface area contributed by atoms with Gasteiger partial charge in [0.25, 0.3) is 0 Å². The summed E-state index contributed by atoms with van der Waals surface area (Å²) < 4.78 is 5.46. The number of para-hydroxylation sites is 1. The number of ether oxygens (including phenoxy) is 1. The zero-order valence-electron chi connectivity index (χ0n) is 13.8. The normalized spacial score (nSPS) is 16.4. The number of benzene rings is 1. The van der Waals surface area contributed by atoms with Crippen molar-refractivity contribution < 1.29 is 4.74 Å². The minimum atomic E-state index is 0.692. The van der Waals surface area contributed by atoms with Crippen LogP contribution in [0.25, 0.3) is 0 Å². The van der Waals surface area contributed by atoms with Gasteiger partial charge >= 0.3 is 0 Å². The molecule has 0 aliphatic carbocycles. The summed E-state index contributed by atoms with van der Waals surface area (Å²) in [6, 6.07) is 8.76. The summed E-state index contributed by atoms with van der Waals surface area (Å²) in [5, 5.41) is 3.55. The van der Waals surface area contributed by atoms with Gasteiger partial charge in [0.2, 0.25) is 0 Å². The second-order valence-corrected chi connectivity index (χ2v) is 6.59. The van der Waals surface area contributed by atoms with Crippen molar-refractivity contribution in [2.45, 2.75) is 33.2 Å². The predicted octanol–water partition coefficient (Wildman–Crippen LogP) is 3.30. The first-order chi connectivity index (χ1) is 10.2. The van der Waals surface area contributed by atoms with Gasteiger partial charge in [0, 0.05) is 39.0 Å². The van der Waals surface area contributed by atoms with Crippen LogP contribution in [0.2, 0.25) is 0 Å². The number of nitrogens with one attached hydrogen (secondary N) is 1. The second kappa shape index (κ2) is 8.40. The Kier molecular flexibility index (Phi) is 6.52. The molecule has 1 aromatic carbocycles. The van der Waals surface area contributed by atoms with Crippen molar-refractivity contribution in [3.05, 3.63) is 29.8 Å². The average Bonchev–Trinajstić information content (AvgIpc) is 2.48. The first-order valence-corrected chi connectivity index (χ1v) is 8.24. The van der Waals surface area contributed by atoms with Crippen LogP contribution in [0.15, 0.2) is 24.3 Å². The summed E-state index contributed by atoms with van der Waals surface area (Å²) in [5.74, 6) is 1.46. The van der Waals surface area contributed by atoms with Gasteiger partial charge in [-0.05, 0) is 42.9 Å². The lowest BCUT2D eigenvalue weighted by Gasteiger charge is -2.29. The molecule has 0 radical (unpaired) electrons. The molecule has 1 aliphatic rings. The summed E-state index contributed by atoms with van der Waals surface area (Å²) >= 11 is 0. The summed E-state index contributed by atoms with van der Waals surface area (Å²) in [4.78, 5) is 2.42. The molecule has 3 heteroatoms. The summed E-state index contributed by atoms with van der Waals surface area (Å²) in [6.07, 6.45) is 2.39. The highest BCUT2D eigenvalue weighted by molar-refractivity contribution is 5.53. The Bertz CT molecular complexity index is 413. The fourth-order valence-corrected chi connectivity index (χ4v) is 2.94. The van der Waals surface area contributed by atoms with Crippen LogP contribution in [0.4, 0.5) is 5.69 Å². The van der Waals surface area contributed by atoms with Crippen LogP contribution < -0.4 is 10.2 Å². The lowest BCUT2D eigenvalue weighted by molar-refractivity contribution is 0.0685. The molecule has 0 atom stereocenters. The molecule has 0 spiro atoms. The van der Waals surface area contributed by atoms with E-state index in [-0.39, 0.29) is 0 Å². The highest BCUT2D eigenvalue weighted by Crippen LogP contribution is 2.23. The minimum Gasteiger partial charge on any atom is -0.381 e. The maximum Gasteiger partial charge on any atom is 0.0469 e. The molecular weight excluding hydrogens is 260 g/mol. The Labute approximate surface area is 129 Å². The molecule has 0 bridgehead atoms. The van der Waals surface area contributed by atoms with E-state index in [2.05, 4.69) is 55.4 Å². The van der Waals surface area contributed by atoms with Crippen LogP contribution in [0, 0.1) is 11.8 Å². The zero-order valence-corrected chi connectivity index (χ0v) is 13.8. The van der Waals surface area contributed by atoms with Crippen molar-refractivity contribution >= 4 is 5.69 Å². The molecule has 0 unspecified atom stereocenters. The standard InChI is InChI=1S/C18H30N2O/c1-15(2)12-19-13-17-6-4-5-7-18(17)20(3)14-16-8-10-21-11-9-16/h4-7,15-16,19H,8-14H2,1-3H3. The number of hydrogen-bond acceptors (Lipinski definition) is 3. The van der Waals surface area contributed by atoms with E-state index in [9.17, 15) is 0 Å². The molecule has 1 saturated heterocycles. The van der Waals surface area contributed by atoms with E-state index in [0.717, 1.165) is 38.8 Å². The van der Waals surface area contributed by atoms with E-state index in [1.165, 1.54) is 24.1 Å². The average molecular weight is 290 g/mol. The van der Waals surface area contributed by atoms with E-state index < -0.39 is 0 Å². The highest BCUT2D eigenvalue weighted by atomic mass is 16.5. The Morgan fingerprint density at radius 1 is 1.24 bits per heavy atom. The molecule has 3 nitrogen and oxygen atoms in total. The Morgan fingerprint density at radius 3 is 2.67 bits per heavy atom. The van der Waals surface area contributed by atoms with Crippen LogP contribution in [0.3, 0.4) is 0 Å². The van der Waals surface area contributed by atoms with Gasteiger partial charge in [-0.3, -0.25) is 0 Å². The van der Waals surface area contributed by atoms with E-state index in [1.54, 1.807) is 0 Å². The molecule has 21 heavy (non-hydrogen) atoms. The van der Waals surface area contributed by atoms with E-state index in [4.69, 9.17) is 4.74 Å². The van der Waals surface area contributed by atoms with Crippen LogP contribution in [0.1, 0.15) is 32.3 Å². The van der Waals surface area contributed by atoms with Gasteiger partial charge in [0.1, 0.15) is 0 Å². The topological polar surface area (TPSA) is 24.5 Å². The van der Waals surface area contributed by atoms with Gasteiger partial charge in [0.15, 0.2) is 0 Å². The van der Waals surface area contributed by atoms with Gasteiger partial charge in [0.05, 0.1) is 0 Å². The quantitative estimate of drug-likeness (QED) is 0.834. The monoisotopic (exact) mass is 290 g/mol. The first kappa shape index (κ1) is 16.3. The molecule has 1 heterocycles. The fraction of sp³-hybridized carbons (Fsp3) is 0.667. The third-order valence-corrected chi connectivity index (χ3v) is 4.14. The van der Waals surface area contributed by atoms with E-state index in [1.807, 2.05) is 0 Å². The Hall–Kier alpha value is -1.06. The molecule has 0 aromatic heterocycles. The zero-order chi connectivity index (χ0) is 15.1. The third-order valence-electron chi connectivity index (χ3n) is 4.14. The van der Waals surface area contributed by atoms with Gasteiger partial charge in [-0.15, -0.1) is 0 Å². The minimum absolute atomic E-state index is 0.692. The molecule has 1 aromatic rings. The molecule has 2 rings (SSSR count). The molecule has 0 saturated carbocycles. The predicted molar refractivity (Wildman–Crippen MR) is 89.8 cm³/mol. The van der Waals surface area contributed by atoms with Crippen molar-refractivity contribution in [2.24, 2.45) is 11.8 Å². The van der Waals surface area contributed by atoms with Crippen molar-refractivity contribution in [2.75, 3.05) is 38.3 Å². The van der Waals surface area contributed by atoms with Gasteiger partial charge in [-0.2, -0.15) is 0 Å². The van der Waals surface area contributed by atoms with Gasteiger partial charge < -0.3 is 15.0 Å². The highest BCUT2D eigenvalue weighted by Gasteiger charge is 2.17. The smallest absolute Gasteiger partial charge is 0.0469 e. The number of anilines is 1. The van der Waals surface area contributed by atoms with E-state index >= 15 is 0 Å². The van der Waals surface area contributed by atoms with Crippen LogP contribution in [-0.2, 0) is 11.3 Å². The maximum atomic E-state index is 5.46. The SMILES string of the molecule is CC(C)CNCc1ccccc1N(C)CC1CCOCC1. The largest absolute Gasteiger partial charge is 0.381 e. The van der Waals surface area contributed by atoms with Crippen molar-refractivity contribution in [1.29, 1.82) is 0 Å².